The van der Waals surface area contributed by atoms with Crippen LogP contribution >= 0.6 is 0 Å². The van der Waals surface area contributed by atoms with Gasteiger partial charge in [-0.15, -0.1) is 0 Å². The van der Waals surface area contributed by atoms with Crippen LogP contribution in [0.5, 0.6) is 0 Å². The molecule has 0 aliphatic rings. The molecule has 2 N–H and O–H groups in total. The van der Waals surface area contributed by atoms with Crippen molar-refractivity contribution in [1.82, 2.24) is 0 Å². The van der Waals surface area contributed by atoms with Crippen LogP contribution in [0.15, 0.2) is 0 Å². The van der Waals surface area contributed by atoms with Gasteiger partial charge in [-0.1, -0.05) is 13.8 Å². The first-order valence-corrected chi connectivity index (χ1v) is 4.64. The highest BCUT2D eigenvalue weighted by Gasteiger charge is 2.08. The van der Waals surface area contributed by atoms with E-state index in [-0.39, 0.29) is 0 Å². The van der Waals surface area contributed by atoms with Crippen molar-refractivity contribution in [2.75, 3.05) is 33.7 Å². The van der Waals surface area contributed by atoms with Gasteiger partial charge in [-0.25, -0.2) is 0 Å². The van der Waals surface area contributed by atoms with E-state index in [1.165, 1.54) is 13.1 Å². The smallest absolute Gasteiger partial charge is 0.0794 e. The molecule has 0 saturated heterocycles. The third-order valence-electron chi connectivity index (χ3n) is 1.82. The monoisotopic (exact) mass is 161 g/mol. The molecule has 0 bridgehead atoms. The van der Waals surface area contributed by atoms with Crippen molar-refractivity contribution in [3.05, 3.63) is 0 Å². The van der Waals surface area contributed by atoms with Gasteiger partial charge in [0, 0.05) is 6.42 Å². The Morgan fingerprint density at radius 2 is 1.64 bits per heavy atom. The molecule has 70 valence electrons. The maximum Gasteiger partial charge on any atom is 0.0794 e. The van der Waals surface area contributed by atoms with Gasteiger partial charge in [0.25, 0.3) is 0 Å². The first kappa shape index (κ1) is 13.5. The molecule has 0 saturated carbocycles. The van der Waals surface area contributed by atoms with Crippen molar-refractivity contribution in [3.63, 3.8) is 0 Å². The van der Waals surface area contributed by atoms with Gasteiger partial charge in [0.1, 0.15) is 0 Å². The minimum absolute atomic E-state index is 0.821. The largest absolute Gasteiger partial charge is 0.330 e. The van der Waals surface area contributed by atoms with Crippen LogP contribution in [0.4, 0.5) is 0 Å². The summed E-state index contributed by atoms with van der Waals surface area (Å²) in [4.78, 5) is 0. The van der Waals surface area contributed by atoms with Gasteiger partial charge in [0.15, 0.2) is 0 Å². The van der Waals surface area contributed by atoms with Crippen LogP contribution < -0.4 is 5.73 Å². The number of nitrogens with zero attached hydrogens (tertiary/aromatic N) is 1. The van der Waals surface area contributed by atoms with E-state index in [0.29, 0.717) is 0 Å². The molecule has 0 heterocycles. The van der Waals surface area contributed by atoms with E-state index in [1.807, 2.05) is 13.8 Å². The molecule has 0 aromatic rings. The molecule has 0 fully saturated rings. The lowest BCUT2D eigenvalue weighted by molar-refractivity contribution is -0.888. The predicted molar refractivity (Wildman–Crippen MR) is 52.5 cm³/mol. The number of quaternary nitrogens is 1. The molecule has 0 radical (unpaired) electrons. The van der Waals surface area contributed by atoms with Gasteiger partial charge in [-0.2, -0.15) is 0 Å². The quantitative estimate of drug-likeness (QED) is 0.621. The third kappa shape index (κ3) is 9.92. The maximum absolute atomic E-state index is 5.38. The summed E-state index contributed by atoms with van der Waals surface area (Å²) in [6.45, 7) is 9.42. The Morgan fingerprint density at radius 3 is 1.91 bits per heavy atom. The molecule has 0 aromatic heterocycles. The van der Waals surface area contributed by atoms with Crippen molar-refractivity contribution in [2.24, 2.45) is 5.73 Å². The van der Waals surface area contributed by atoms with Gasteiger partial charge >= 0.3 is 0 Å². The van der Waals surface area contributed by atoms with Gasteiger partial charge in [-0.05, 0) is 13.5 Å². The second-order valence-electron chi connectivity index (χ2n) is 3.12. The highest BCUT2D eigenvalue weighted by Crippen LogP contribution is 1.95. The second kappa shape index (κ2) is 8.02. The van der Waals surface area contributed by atoms with Gasteiger partial charge in [-0.3, -0.25) is 0 Å². The standard InChI is InChI=1S/C7H19N2.C2H6/c1-4-9(2,3)7-5-6-8;1-2/h4-8H2,1-3H3;1-2H3/q+1;. The molecule has 2 nitrogen and oxygen atoms in total. The molecule has 2 heteroatoms. The topological polar surface area (TPSA) is 26.0 Å². The van der Waals surface area contributed by atoms with E-state index >= 15 is 0 Å². The molecule has 0 spiro atoms. The Kier molecular flexibility index (Phi) is 9.85. The van der Waals surface area contributed by atoms with E-state index in [2.05, 4.69) is 21.0 Å². The molecule has 0 amide bonds. The molecule has 0 aliphatic carbocycles. The Hall–Kier alpha value is -0.0800. The van der Waals surface area contributed by atoms with Crippen LogP contribution in [0.1, 0.15) is 27.2 Å². The molecule has 0 atom stereocenters. The summed E-state index contributed by atoms with van der Waals surface area (Å²) < 4.78 is 1.09. The van der Waals surface area contributed by atoms with Crippen molar-refractivity contribution in [2.45, 2.75) is 27.2 Å². The summed E-state index contributed by atoms with van der Waals surface area (Å²) in [6.07, 6.45) is 1.14. The van der Waals surface area contributed by atoms with Crippen LogP contribution in [-0.4, -0.2) is 38.2 Å². The Morgan fingerprint density at radius 1 is 1.18 bits per heavy atom. The van der Waals surface area contributed by atoms with Crippen LogP contribution in [0.3, 0.4) is 0 Å². The third-order valence-corrected chi connectivity index (χ3v) is 1.82. The molecule has 0 rings (SSSR count). The fourth-order valence-electron chi connectivity index (χ4n) is 0.677. The summed E-state index contributed by atoms with van der Waals surface area (Å²) in [6, 6.07) is 0. The van der Waals surface area contributed by atoms with Crippen molar-refractivity contribution >= 4 is 0 Å². The average molecular weight is 161 g/mol. The second-order valence-corrected chi connectivity index (χ2v) is 3.12. The van der Waals surface area contributed by atoms with E-state index < -0.39 is 0 Å². The first-order chi connectivity index (χ1) is 5.12. The van der Waals surface area contributed by atoms with Gasteiger partial charge in [0.2, 0.25) is 0 Å². The summed E-state index contributed by atoms with van der Waals surface area (Å²) in [5, 5.41) is 0. The van der Waals surface area contributed by atoms with E-state index in [0.717, 1.165) is 17.4 Å². The zero-order valence-electron chi connectivity index (χ0n) is 8.85. The Bertz CT molecular complexity index is 70.0. The van der Waals surface area contributed by atoms with Crippen molar-refractivity contribution < 1.29 is 4.48 Å². The summed E-state index contributed by atoms with van der Waals surface area (Å²) in [5.74, 6) is 0. The molecular weight excluding hydrogens is 136 g/mol. The predicted octanol–water partition coefficient (Wildman–Crippen LogP) is 1.46. The highest BCUT2D eigenvalue weighted by molar-refractivity contribution is 4.35. The lowest BCUT2D eigenvalue weighted by Gasteiger charge is -2.27. The number of hydrogen-bond donors (Lipinski definition) is 1. The number of hydrogen-bond acceptors (Lipinski definition) is 1. The van der Waals surface area contributed by atoms with E-state index in [9.17, 15) is 0 Å². The fourth-order valence-corrected chi connectivity index (χ4v) is 0.677. The number of nitrogens with two attached hydrogens (primary N) is 1. The van der Waals surface area contributed by atoms with Crippen LogP contribution in [0, 0.1) is 0 Å². The normalized spacial score (nSPS) is 10.4. The highest BCUT2D eigenvalue weighted by atomic mass is 15.3. The molecule has 0 aliphatic heterocycles. The minimum atomic E-state index is 0.821. The SMILES string of the molecule is CC.CC[N+](C)(C)CCCN. The minimum Gasteiger partial charge on any atom is -0.330 e. The van der Waals surface area contributed by atoms with Crippen LogP contribution in [0.25, 0.3) is 0 Å². The van der Waals surface area contributed by atoms with Gasteiger partial charge in [0.05, 0.1) is 27.2 Å². The lowest BCUT2D eigenvalue weighted by Crippen LogP contribution is -2.40. The zero-order valence-corrected chi connectivity index (χ0v) is 8.85. The Labute approximate surface area is 72.0 Å². The Balaban J connectivity index is 0. The molecule has 11 heavy (non-hydrogen) atoms. The lowest BCUT2D eigenvalue weighted by atomic mass is 10.3. The summed E-state index contributed by atoms with van der Waals surface area (Å²) >= 11 is 0. The van der Waals surface area contributed by atoms with Crippen LogP contribution in [-0.2, 0) is 0 Å². The van der Waals surface area contributed by atoms with E-state index in [1.54, 1.807) is 0 Å². The summed E-state index contributed by atoms with van der Waals surface area (Å²) in [5.41, 5.74) is 5.38. The number of rotatable bonds is 4. The average Bonchev–Trinajstić information content (AvgIpc) is 2.05. The first-order valence-electron chi connectivity index (χ1n) is 4.64. The van der Waals surface area contributed by atoms with E-state index in [4.69, 9.17) is 5.73 Å². The van der Waals surface area contributed by atoms with Crippen LogP contribution in [0.2, 0.25) is 0 Å². The fraction of sp³-hybridized carbons (Fsp3) is 1.00. The maximum atomic E-state index is 5.38. The van der Waals surface area contributed by atoms with Gasteiger partial charge < -0.3 is 10.2 Å². The molecule has 0 unspecified atom stereocenters. The molecule has 0 aromatic carbocycles. The molecular formula is C9H25N2+. The zero-order chi connectivity index (χ0) is 9.33. The summed E-state index contributed by atoms with van der Waals surface area (Å²) in [7, 11) is 4.46. The van der Waals surface area contributed by atoms with Crippen molar-refractivity contribution in [3.8, 4) is 0 Å². The van der Waals surface area contributed by atoms with Crippen molar-refractivity contribution in [1.29, 1.82) is 0 Å².